The van der Waals surface area contributed by atoms with Gasteiger partial charge in [0.1, 0.15) is 0 Å². The highest BCUT2D eigenvalue weighted by molar-refractivity contribution is 7.22. The average Bonchev–Trinajstić information content (AvgIpc) is 3.16. The third-order valence-corrected chi connectivity index (χ3v) is 6.38. The number of benzene rings is 2. The number of halogens is 1. The molecule has 7 N–H and O–H groups in total. The highest BCUT2D eigenvalue weighted by Gasteiger charge is 2.44. The number of aliphatic hydroxyl groups is 2. The van der Waals surface area contributed by atoms with Crippen molar-refractivity contribution in [2.45, 2.75) is 26.0 Å². The number of anilines is 1. The minimum atomic E-state index is -1.73. The molecule has 0 radical (unpaired) electrons. The number of aliphatic hydroxyl groups excluding tert-OH is 3. The minimum absolute atomic E-state index is 0.0255. The topological polar surface area (TPSA) is 169 Å². The number of nitrogens with one attached hydrogen (secondary N) is 1. The normalized spacial score (nSPS) is 19.4. The van der Waals surface area contributed by atoms with Gasteiger partial charge in [-0.25, -0.2) is 14.8 Å². The maximum atomic E-state index is 12.8. The molecule has 0 bridgehead atoms. The second-order valence-electron chi connectivity index (χ2n) is 7.64. The van der Waals surface area contributed by atoms with Crippen molar-refractivity contribution in [1.29, 1.82) is 0 Å². The van der Waals surface area contributed by atoms with Crippen LogP contribution in [-0.2, 0) is 6.54 Å². The summed E-state index contributed by atoms with van der Waals surface area (Å²) in [5, 5.41) is 34.5. The molecule has 1 fully saturated rings. The molecule has 0 saturated carbocycles. The number of amides is 2. The maximum absolute atomic E-state index is 12.8. The Kier molecular flexibility index (Phi) is 6.57. The molecule has 0 aliphatic carbocycles. The predicted octanol–water partition coefficient (Wildman–Crippen LogP) is 2.34. The summed E-state index contributed by atoms with van der Waals surface area (Å²) in [6, 6.07) is 11.1. The van der Waals surface area contributed by atoms with Crippen LogP contribution in [0.15, 0.2) is 47.5 Å². The van der Waals surface area contributed by atoms with E-state index < -0.39 is 30.5 Å². The smallest absolute Gasteiger partial charge is 0.375 e. The number of carboxylic acids is 1. The Morgan fingerprint density at radius 3 is 2.74 bits per heavy atom. The summed E-state index contributed by atoms with van der Waals surface area (Å²) in [6.07, 6.45) is -3.41. The Labute approximate surface area is 202 Å². The van der Waals surface area contributed by atoms with E-state index in [9.17, 15) is 24.9 Å². The number of carbonyl (C=O) groups is 1. The number of guanidine groups is 1. The molecule has 1 aliphatic rings. The number of carbonyl (C=O) groups excluding carboxylic acids is 1. The van der Waals surface area contributed by atoms with Crippen LogP contribution in [0.2, 0.25) is 5.02 Å². The number of thiazole rings is 1. The first-order valence-electron chi connectivity index (χ1n) is 10.1. The number of carboxylic acid groups (broad SMARTS) is 1. The minimum Gasteiger partial charge on any atom is -0.375 e. The van der Waals surface area contributed by atoms with Crippen molar-refractivity contribution in [2.75, 3.05) is 5.73 Å². The van der Waals surface area contributed by atoms with Crippen LogP contribution in [0.25, 0.3) is 10.2 Å². The van der Waals surface area contributed by atoms with Gasteiger partial charge in [0, 0.05) is 5.02 Å². The standard InChI is InChI=1S/C21H21ClN6O5S/c1-10(17(30)31)16(29)28-20(32)26-19(24-13-6-7-14-15(8-13)34-18(23)25-14)27(21(28)33)9-11-2-4-12(22)5-3-11/h2-8,10,16,21,29,33H,9H2,1H3,(H2,23,25)(H,30,31)(H,24,26,32)/p+1/t10-,16+,21?/m1/s1. The number of fused-ring (bicyclic) bond motifs is 1. The zero-order valence-electron chi connectivity index (χ0n) is 17.8. The summed E-state index contributed by atoms with van der Waals surface area (Å²) >= 11 is 7.26. The van der Waals surface area contributed by atoms with Gasteiger partial charge >= 0.3 is 12.0 Å². The Morgan fingerprint density at radius 2 is 2.06 bits per heavy atom. The van der Waals surface area contributed by atoms with Crippen molar-refractivity contribution in [1.82, 2.24) is 20.1 Å². The van der Waals surface area contributed by atoms with Gasteiger partial charge in [-0.2, -0.15) is 0 Å². The van der Waals surface area contributed by atoms with E-state index in [0.29, 0.717) is 26.3 Å². The Bertz CT molecular complexity index is 1270. The molecule has 13 heteroatoms. The molecule has 0 spiro atoms. The van der Waals surface area contributed by atoms with E-state index in [0.717, 1.165) is 10.3 Å². The summed E-state index contributed by atoms with van der Waals surface area (Å²) in [5.41, 5.74) is 7.68. The zero-order chi connectivity index (χ0) is 24.6. The van der Waals surface area contributed by atoms with Gasteiger partial charge < -0.3 is 25.8 Å². The van der Waals surface area contributed by atoms with Gasteiger partial charge in [0.25, 0.3) is 0 Å². The van der Waals surface area contributed by atoms with Crippen molar-refractivity contribution in [3.63, 3.8) is 0 Å². The number of rotatable bonds is 6. The molecule has 3 aromatic rings. The SMILES string of the molecule is C[C@@H](C(O)=[OH+])[C@H](O)N1C(=O)NC(=Nc2ccc3nc(N)sc3c2)N(Cc2ccc(Cl)cc2)C1O. The van der Waals surface area contributed by atoms with Gasteiger partial charge in [0.2, 0.25) is 12.3 Å². The van der Waals surface area contributed by atoms with Crippen molar-refractivity contribution in [3.8, 4) is 0 Å². The number of nitrogens with zero attached hydrogens (tertiary/aromatic N) is 4. The molecular formula is C21H22ClN6O5S+. The third kappa shape index (κ3) is 4.75. The number of nitrogen functional groups attached to an aromatic ring is 1. The number of aliphatic imine (C=N–C) groups is 1. The maximum Gasteiger partial charge on any atom is 0.488 e. The van der Waals surface area contributed by atoms with Crippen LogP contribution in [0.3, 0.4) is 0 Å². The molecule has 1 aliphatic heterocycles. The van der Waals surface area contributed by atoms with Crippen molar-refractivity contribution in [3.05, 3.63) is 53.1 Å². The lowest BCUT2D eigenvalue weighted by Gasteiger charge is -2.44. The summed E-state index contributed by atoms with van der Waals surface area (Å²) in [7, 11) is 0. The molecule has 3 atom stereocenters. The molecule has 11 nitrogen and oxygen atoms in total. The van der Waals surface area contributed by atoms with E-state index in [1.807, 2.05) is 0 Å². The number of hydrogen-bond acceptors (Lipinski definition) is 7. The lowest BCUT2D eigenvalue weighted by molar-refractivity contribution is -0.141. The first kappa shape index (κ1) is 23.7. The second kappa shape index (κ2) is 9.43. The monoisotopic (exact) mass is 505 g/mol. The van der Waals surface area contributed by atoms with Gasteiger partial charge in [-0.1, -0.05) is 35.1 Å². The Hall–Kier alpha value is -3.45. The van der Waals surface area contributed by atoms with E-state index in [1.165, 1.54) is 23.2 Å². The molecule has 2 heterocycles. The van der Waals surface area contributed by atoms with Crippen LogP contribution >= 0.6 is 22.9 Å². The number of urea groups is 1. The van der Waals surface area contributed by atoms with Crippen LogP contribution in [0.1, 0.15) is 12.5 Å². The van der Waals surface area contributed by atoms with Crippen LogP contribution < -0.4 is 11.1 Å². The molecule has 2 amide bonds. The molecule has 1 saturated heterocycles. The molecule has 1 aromatic heterocycles. The third-order valence-electron chi connectivity index (χ3n) is 5.28. The average molecular weight is 506 g/mol. The van der Waals surface area contributed by atoms with Gasteiger partial charge in [0.15, 0.2) is 17.3 Å². The van der Waals surface area contributed by atoms with E-state index >= 15 is 0 Å². The van der Waals surface area contributed by atoms with Gasteiger partial charge in [-0.3, -0.25) is 15.1 Å². The molecule has 1 unspecified atom stereocenters. The highest BCUT2D eigenvalue weighted by Crippen LogP contribution is 2.29. The van der Waals surface area contributed by atoms with Gasteiger partial charge in [0.05, 0.1) is 22.4 Å². The van der Waals surface area contributed by atoms with Crippen LogP contribution in [0.4, 0.5) is 15.6 Å². The number of nitrogens with two attached hydrogens (primary N) is 1. The predicted molar refractivity (Wildman–Crippen MR) is 129 cm³/mol. The molecular weight excluding hydrogens is 484 g/mol. The Morgan fingerprint density at radius 1 is 1.35 bits per heavy atom. The fourth-order valence-electron chi connectivity index (χ4n) is 3.39. The Balaban J connectivity index is 1.72. The first-order valence-corrected chi connectivity index (χ1v) is 11.3. The van der Waals surface area contributed by atoms with Gasteiger partial charge in [-0.15, -0.1) is 0 Å². The molecule has 34 heavy (non-hydrogen) atoms. The first-order chi connectivity index (χ1) is 16.1. The van der Waals surface area contributed by atoms with E-state index in [4.69, 9.17) is 17.3 Å². The number of aromatic nitrogens is 1. The molecule has 4 rings (SSSR count). The van der Waals surface area contributed by atoms with E-state index in [2.05, 4.69) is 15.3 Å². The van der Waals surface area contributed by atoms with E-state index in [1.54, 1.807) is 42.5 Å². The lowest BCUT2D eigenvalue weighted by atomic mass is 10.1. The van der Waals surface area contributed by atoms with Crippen molar-refractivity contribution in [2.24, 2.45) is 10.9 Å². The fourth-order valence-corrected chi connectivity index (χ4v) is 4.28. The number of aliphatic carboxylic acids is 1. The van der Waals surface area contributed by atoms with Crippen LogP contribution in [-0.4, -0.2) is 65.4 Å². The largest absolute Gasteiger partial charge is 0.488 e. The zero-order valence-corrected chi connectivity index (χ0v) is 19.4. The second-order valence-corrected chi connectivity index (χ2v) is 9.14. The summed E-state index contributed by atoms with van der Waals surface area (Å²) in [5.74, 6) is -2.29. The summed E-state index contributed by atoms with van der Waals surface area (Å²) < 4.78 is 0.797. The lowest BCUT2D eigenvalue weighted by Crippen LogP contribution is -2.68. The van der Waals surface area contributed by atoms with E-state index in [-0.39, 0.29) is 12.5 Å². The van der Waals surface area contributed by atoms with Gasteiger partial charge in [-0.05, 0) is 42.8 Å². The van der Waals surface area contributed by atoms with Crippen molar-refractivity contribution < 1.29 is 24.9 Å². The highest BCUT2D eigenvalue weighted by atomic mass is 35.5. The summed E-state index contributed by atoms with van der Waals surface area (Å²) in [6.45, 7) is 1.38. The van der Waals surface area contributed by atoms with Crippen LogP contribution in [0, 0.1) is 5.92 Å². The number of hydrogen-bond donors (Lipinski definition) is 5. The fraction of sp³-hybridized carbons (Fsp3) is 0.238. The molecule has 2 aromatic carbocycles. The van der Waals surface area contributed by atoms with Crippen LogP contribution in [0.5, 0.6) is 0 Å². The molecule has 178 valence electrons. The quantitative estimate of drug-likeness (QED) is 0.320. The summed E-state index contributed by atoms with van der Waals surface area (Å²) in [4.78, 5) is 32.9. The van der Waals surface area contributed by atoms with Crippen molar-refractivity contribution >= 4 is 61.9 Å².